The molecule has 1 saturated carbocycles. The van der Waals surface area contributed by atoms with Crippen LogP contribution in [0.15, 0.2) is 42.5 Å². The highest BCUT2D eigenvalue weighted by Gasteiger charge is 2.33. The van der Waals surface area contributed by atoms with Crippen LogP contribution in [0.3, 0.4) is 0 Å². The van der Waals surface area contributed by atoms with Gasteiger partial charge in [-0.2, -0.15) is 0 Å². The third kappa shape index (κ3) is 8.11. The zero-order valence-electron chi connectivity index (χ0n) is 23.6. The van der Waals surface area contributed by atoms with Crippen molar-refractivity contribution in [3.63, 3.8) is 0 Å². The zero-order chi connectivity index (χ0) is 28.6. The van der Waals surface area contributed by atoms with Gasteiger partial charge >= 0.3 is 0 Å². The summed E-state index contributed by atoms with van der Waals surface area (Å²) in [7, 11) is -0.966. The largest absolute Gasteiger partial charge is 0.497 e. The van der Waals surface area contributed by atoms with E-state index in [1.165, 1.54) is 19.1 Å². The Bertz CT molecular complexity index is 1230. The normalized spacial score (nSPS) is 14.8. The standard InChI is InChI=1S/C29H41N3O6S/c1-6-25(29(34)30-23-10-8-7-9-11-23)31(19-22-14-12-21(2)13-15-22)28(33)20-32(39(5,35)36)26-17-16-24(37-3)18-27(26)38-4/h12-18,23,25H,6-11,19-20H2,1-5H3,(H,30,34)/t25-/m1/s1. The molecule has 0 heterocycles. The van der Waals surface area contributed by atoms with Crippen molar-refractivity contribution in [1.29, 1.82) is 0 Å². The Morgan fingerprint density at radius 2 is 1.69 bits per heavy atom. The number of hydrogen-bond donors (Lipinski definition) is 1. The Balaban J connectivity index is 1.95. The summed E-state index contributed by atoms with van der Waals surface area (Å²) >= 11 is 0. The molecule has 1 atom stereocenters. The van der Waals surface area contributed by atoms with Crippen molar-refractivity contribution < 1.29 is 27.5 Å². The molecule has 1 aliphatic rings. The number of carbonyl (C=O) groups excluding carboxylic acids is 2. The highest BCUT2D eigenvalue weighted by molar-refractivity contribution is 7.92. The highest BCUT2D eigenvalue weighted by atomic mass is 32.2. The molecule has 1 N–H and O–H groups in total. The van der Waals surface area contributed by atoms with Gasteiger partial charge in [-0.25, -0.2) is 8.42 Å². The fourth-order valence-corrected chi connectivity index (χ4v) is 5.79. The molecule has 0 aliphatic heterocycles. The molecule has 2 aromatic rings. The summed E-state index contributed by atoms with van der Waals surface area (Å²) < 4.78 is 37.5. The molecule has 1 aliphatic carbocycles. The van der Waals surface area contributed by atoms with Crippen LogP contribution in [-0.2, 0) is 26.2 Å². The smallest absolute Gasteiger partial charge is 0.244 e. The molecule has 2 amide bonds. The van der Waals surface area contributed by atoms with E-state index >= 15 is 0 Å². The van der Waals surface area contributed by atoms with Crippen LogP contribution in [0, 0.1) is 6.92 Å². The van der Waals surface area contributed by atoms with Crippen molar-refractivity contribution >= 4 is 27.5 Å². The molecule has 1 fully saturated rings. The average Bonchev–Trinajstić information content (AvgIpc) is 2.92. The van der Waals surface area contributed by atoms with Crippen LogP contribution in [0.25, 0.3) is 0 Å². The Morgan fingerprint density at radius 3 is 2.26 bits per heavy atom. The topological polar surface area (TPSA) is 105 Å². The van der Waals surface area contributed by atoms with E-state index in [4.69, 9.17) is 9.47 Å². The molecular formula is C29H41N3O6S. The summed E-state index contributed by atoms with van der Waals surface area (Å²) in [6, 6.07) is 11.8. The van der Waals surface area contributed by atoms with Crippen LogP contribution in [0.4, 0.5) is 5.69 Å². The molecule has 0 spiro atoms. The first-order valence-electron chi connectivity index (χ1n) is 13.4. The number of rotatable bonds is 12. The molecule has 39 heavy (non-hydrogen) atoms. The van der Waals surface area contributed by atoms with Gasteiger partial charge in [0.25, 0.3) is 0 Å². The quantitative estimate of drug-likeness (QED) is 0.421. The first-order valence-corrected chi connectivity index (χ1v) is 15.3. The fraction of sp³-hybridized carbons (Fsp3) is 0.517. The van der Waals surface area contributed by atoms with E-state index in [9.17, 15) is 18.0 Å². The van der Waals surface area contributed by atoms with Crippen LogP contribution >= 0.6 is 0 Å². The van der Waals surface area contributed by atoms with Gasteiger partial charge in [-0.3, -0.25) is 13.9 Å². The van der Waals surface area contributed by atoms with Crippen LogP contribution in [0.5, 0.6) is 11.5 Å². The van der Waals surface area contributed by atoms with Gasteiger partial charge in [-0.05, 0) is 43.9 Å². The number of amides is 2. The first-order chi connectivity index (χ1) is 18.6. The van der Waals surface area contributed by atoms with Crippen LogP contribution < -0.4 is 19.1 Å². The van der Waals surface area contributed by atoms with E-state index in [1.54, 1.807) is 18.2 Å². The lowest BCUT2D eigenvalue weighted by Crippen LogP contribution is -2.54. The first kappa shape index (κ1) is 30.3. The van der Waals surface area contributed by atoms with E-state index in [0.29, 0.717) is 12.2 Å². The summed E-state index contributed by atoms with van der Waals surface area (Å²) in [5.74, 6) is 0.0452. The second-order valence-electron chi connectivity index (χ2n) is 10.1. The van der Waals surface area contributed by atoms with E-state index < -0.39 is 28.5 Å². The molecule has 0 bridgehead atoms. The number of anilines is 1. The minimum Gasteiger partial charge on any atom is -0.497 e. The maximum atomic E-state index is 13.9. The Morgan fingerprint density at radius 1 is 1.03 bits per heavy atom. The van der Waals surface area contributed by atoms with Crippen molar-refractivity contribution in [3.8, 4) is 11.5 Å². The highest BCUT2D eigenvalue weighted by Crippen LogP contribution is 2.34. The van der Waals surface area contributed by atoms with Gasteiger partial charge in [0.15, 0.2) is 0 Å². The van der Waals surface area contributed by atoms with Crippen LogP contribution in [0.2, 0.25) is 0 Å². The van der Waals surface area contributed by atoms with Crippen LogP contribution in [0.1, 0.15) is 56.6 Å². The number of nitrogens with zero attached hydrogens (tertiary/aromatic N) is 2. The number of aryl methyl sites for hydroxylation is 1. The molecule has 2 aromatic carbocycles. The van der Waals surface area contributed by atoms with Gasteiger partial charge in [-0.15, -0.1) is 0 Å². The summed E-state index contributed by atoms with van der Waals surface area (Å²) in [6.07, 6.45) is 6.59. The maximum Gasteiger partial charge on any atom is 0.244 e. The number of methoxy groups -OCH3 is 2. The van der Waals surface area contributed by atoms with Crippen molar-refractivity contribution in [2.24, 2.45) is 0 Å². The number of benzene rings is 2. The second-order valence-corrected chi connectivity index (χ2v) is 12.0. The molecule has 214 valence electrons. The number of ether oxygens (including phenoxy) is 2. The van der Waals surface area contributed by atoms with Crippen molar-refractivity contribution in [3.05, 3.63) is 53.6 Å². The van der Waals surface area contributed by atoms with Crippen molar-refractivity contribution in [2.75, 3.05) is 31.3 Å². The van der Waals surface area contributed by atoms with Crippen molar-refractivity contribution in [2.45, 2.75) is 71.0 Å². The second kappa shape index (κ2) is 13.7. The summed E-state index contributed by atoms with van der Waals surface area (Å²) in [5.41, 5.74) is 2.14. The minimum absolute atomic E-state index is 0.0905. The molecule has 9 nitrogen and oxygen atoms in total. The number of sulfonamides is 1. The lowest BCUT2D eigenvalue weighted by atomic mass is 9.95. The Labute approximate surface area is 232 Å². The lowest BCUT2D eigenvalue weighted by Gasteiger charge is -2.34. The summed E-state index contributed by atoms with van der Waals surface area (Å²) in [4.78, 5) is 28.9. The predicted octanol–water partition coefficient (Wildman–Crippen LogP) is 4.03. The molecular weight excluding hydrogens is 518 g/mol. The molecule has 0 saturated heterocycles. The number of carbonyl (C=O) groups is 2. The van der Waals surface area contributed by atoms with Gasteiger partial charge in [0, 0.05) is 18.7 Å². The Kier molecular flexibility index (Phi) is 10.6. The van der Waals surface area contributed by atoms with Gasteiger partial charge in [-0.1, -0.05) is 56.0 Å². The third-order valence-corrected chi connectivity index (χ3v) is 8.27. The van der Waals surface area contributed by atoms with Gasteiger partial charge in [0.1, 0.15) is 24.1 Å². The fourth-order valence-electron chi connectivity index (χ4n) is 4.94. The van der Waals surface area contributed by atoms with Gasteiger partial charge in [0.05, 0.1) is 26.2 Å². The van der Waals surface area contributed by atoms with E-state index in [-0.39, 0.29) is 29.9 Å². The SMILES string of the molecule is CC[C@H](C(=O)NC1CCCCC1)N(Cc1ccc(C)cc1)C(=O)CN(c1ccc(OC)cc1OC)S(C)(=O)=O. The summed E-state index contributed by atoms with van der Waals surface area (Å²) in [6.45, 7) is 3.53. The third-order valence-electron chi connectivity index (χ3n) is 7.15. The van der Waals surface area contributed by atoms with Crippen LogP contribution in [-0.4, -0.2) is 64.2 Å². The molecule has 0 radical (unpaired) electrons. The Hall–Kier alpha value is -3.27. The average molecular weight is 560 g/mol. The maximum absolute atomic E-state index is 13.9. The van der Waals surface area contributed by atoms with Crippen molar-refractivity contribution in [1.82, 2.24) is 10.2 Å². The zero-order valence-corrected chi connectivity index (χ0v) is 24.4. The van der Waals surface area contributed by atoms with E-state index in [2.05, 4.69) is 5.32 Å². The predicted molar refractivity (Wildman–Crippen MR) is 153 cm³/mol. The molecule has 0 unspecified atom stereocenters. The van der Waals surface area contributed by atoms with Gasteiger partial charge in [0.2, 0.25) is 21.8 Å². The number of nitrogens with one attached hydrogen (secondary N) is 1. The molecule has 10 heteroatoms. The number of hydrogen-bond acceptors (Lipinski definition) is 6. The molecule has 0 aromatic heterocycles. The molecule has 3 rings (SSSR count). The summed E-state index contributed by atoms with van der Waals surface area (Å²) in [5, 5.41) is 3.15. The lowest BCUT2D eigenvalue weighted by molar-refractivity contribution is -0.140. The van der Waals surface area contributed by atoms with Gasteiger partial charge < -0.3 is 19.7 Å². The van der Waals surface area contributed by atoms with E-state index in [1.807, 2.05) is 38.1 Å². The minimum atomic E-state index is -3.89. The van der Waals surface area contributed by atoms with E-state index in [0.717, 1.165) is 53.8 Å². The monoisotopic (exact) mass is 559 g/mol.